The van der Waals surface area contributed by atoms with Gasteiger partial charge in [0.25, 0.3) is 0 Å². The molecule has 0 radical (unpaired) electrons. The third-order valence-corrected chi connectivity index (χ3v) is 4.01. The molecule has 1 N–H and O–H groups in total. The summed E-state index contributed by atoms with van der Waals surface area (Å²) in [5, 5.41) is 11.1. The number of benzene rings is 1. The lowest BCUT2D eigenvalue weighted by Crippen LogP contribution is -2.43. The minimum absolute atomic E-state index is 0.324. The third-order valence-electron chi connectivity index (χ3n) is 4.01. The minimum atomic E-state index is -0.972. The van der Waals surface area contributed by atoms with Crippen LogP contribution in [0.4, 0.5) is 0 Å². The van der Waals surface area contributed by atoms with Crippen LogP contribution < -0.4 is 4.74 Å². The largest absolute Gasteiger partial charge is 0.494 e. The first-order chi connectivity index (χ1) is 9.20. The Morgan fingerprint density at radius 2 is 1.75 bits per heavy atom. The molecule has 2 rings (SSSR count). The van der Waals surface area contributed by atoms with Gasteiger partial charge in [-0.05, 0) is 51.8 Å². The second-order valence-electron chi connectivity index (χ2n) is 6.78. The van der Waals surface area contributed by atoms with E-state index in [4.69, 9.17) is 9.47 Å². The highest BCUT2D eigenvalue weighted by Crippen LogP contribution is 2.50. The van der Waals surface area contributed by atoms with Crippen LogP contribution in [0.2, 0.25) is 0 Å². The van der Waals surface area contributed by atoms with Crippen LogP contribution in [0.15, 0.2) is 24.3 Å². The molecule has 1 unspecified atom stereocenters. The summed E-state index contributed by atoms with van der Waals surface area (Å²) in [4.78, 5) is 0. The highest BCUT2D eigenvalue weighted by Gasteiger charge is 2.57. The molecule has 20 heavy (non-hydrogen) atoms. The molecule has 3 nitrogen and oxygen atoms in total. The van der Waals surface area contributed by atoms with Crippen molar-refractivity contribution in [2.75, 3.05) is 6.61 Å². The zero-order valence-corrected chi connectivity index (χ0v) is 13.2. The smallest absolute Gasteiger partial charge is 0.121 e. The summed E-state index contributed by atoms with van der Waals surface area (Å²) in [6, 6.07) is 7.73. The van der Waals surface area contributed by atoms with Crippen LogP contribution in [0, 0.1) is 0 Å². The van der Waals surface area contributed by atoms with Crippen LogP contribution in [0.1, 0.15) is 53.0 Å². The van der Waals surface area contributed by atoms with Crippen molar-refractivity contribution in [2.24, 2.45) is 0 Å². The van der Waals surface area contributed by atoms with Gasteiger partial charge in [-0.25, -0.2) is 0 Å². The number of rotatable bonds is 4. The highest BCUT2D eigenvalue weighted by atomic mass is 16.5. The van der Waals surface area contributed by atoms with E-state index in [0.29, 0.717) is 13.0 Å². The Balaban J connectivity index is 2.26. The van der Waals surface area contributed by atoms with Gasteiger partial charge in [-0.1, -0.05) is 19.1 Å². The first-order valence-corrected chi connectivity index (χ1v) is 7.36. The second kappa shape index (κ2) is 5.05. The van der Waals surface area contributed by atoms with E-state index >= 15 is 0 Å². The molecule has 0 amide bonds. The lowest BCUT2D eigenvalue weighted by molar-refractivity contribution is -0.129. The van der Waals surface area contributed by atoms with E-state index in [0.717, 1.165) is 17.7 Å². The van der Waals surface area contributed by atoms with Gasteiger partial charge in [-0.15, -0.1) is 0 Å². The van der Waals surface area contributed by atoms with Crippen LogP contribution in [0.5, 0.6) is 5.75 Å². The number of aliphatic hydroxyl groups is 1. The van der Waals surface area contributed by atoms with Crippen molar-refractivity contribution in [1.29, 1.82) is 0 Å². The summed E-state index contributed by atoms with van der Waals surface area (Å²) in [6.07, 6.45) is 1.57. The minimum Gasteiger partial charge on any atom is -0.494 e. The predicted octanol–water partition coefficient (Wildman–Crippen LogP) is 3.64. The zero-order valence-electron chi connectivity index (χ0n) is 13.2. The molecule has 3 heteroatoms. The van der Waals surface area contributed by atoms with E-state index in [2.05, 4.69) is 6.92 Å². The molecule has 0 spiro atoms. The summed E-state index contributed by atoms with van der Waals surface area (Å²) >= 11 is 0. The first-order valence-electron chi connectivity index (χ1n) is 7.36. The van der Waals surface area contributed by atoms with E-state index in [-0.39, 0.29) is 5.60 Å². The van der Waals surface area contributed by atoms with Gasteiger partial charge in [0, 0.05) is 6.42 Å². The monoisotopic (exact) mass is 278 g/mol. The fraction of sp³-hybridized carbons (Fsp3) is 0.647. The summed E-state index contributed by atoms with van der Waals surface area (Å²) in [5.74, 6) is 0.843. The van der Waals surface area contributed by atoms with E-state index < -0.39 is 11.2 Å². The lowest BCUT2D eigenvalue weighted by atomic mass is 9.77. The maximum atomic E-state index is 11.1. The molecule has 1 aliphatic rings. The van der Waals surface area contributed by atoms with Crippen LogP contribution in [-0.2, 0) is 10.3 Å². The highest BCUT2D eigenvalue weighted by molar-refractivity contribution is 5.34. The first kappa shape index (κ1) is 15.3. The molecular formula is C17H26O3. The van der Waals surface area contributed by atoms with Crippen molar-refractivity contribution in [3.8, 4) is 5.75 Å². The summed E-state index contributed by atoms with van der Waals surface area (Å²) in [6.45, 7) is 10.7. The summed E-state index contributed by atoms with van der Waals surface area (Å²) in [5.41, 5.74) is -1.02. The Morgan fingerprint density at radius 3 is 2.20 bits per heavy atom. The van der Waals surface area contributed by atoms with Gasteiger partial charge in [0.1, 0.15) is 11.4 Å². The van der Waals surface area contributed by atoms with Crippen molar-refractivity contribution >= 4 is 0 Å². The lowest BCUT2D eigenvalue weighted by Gasteiger charge is -2.35. The van der Waals surface area contributed by atoms with E-state index in [1.165, 1.54) is 0 Å². The van der Waals surface area contributed by atoms with Gasteiger partial charge in [-0.2, -0.15) is 0 Å². The molecule has 1 saturated heterocycles. The van der Waals surface area contributed by atoms with Gasteiger partial charge in [0.05, 0.1) is 17.8 Å². The Kier molecular flexibility index (Phi) is 3.87. The molecule has 0 saturated carbocycles. The zero-order chi connectivity index (χ0) is 15.0. The maximum Gasteiger partial charge on any atom is 0.121 e. The molecule has 0 aromatic heterocycles. The fourth-order valence-corrected chi connectivity index (χ4v) is 3.14. The van der Waals surface area contributed by atoms with Gasteiger partial charge in [0.15, 0.2) is 0 Å². The Bertz CT molecular complexity index is 462. The number of hydrogen-bond acceptors (Lipinski definition) is 3. The normalized spacial score (nSPS) is 27.5. The Hall–Kier alpha value is -1.06. The molecule has 112 valence electrons. The molecule has 1 heterocycles. The molecule has 0 bridgehead atoms. The molecule has 1 aromatic rings. The predicted molar refractivity (Wildman–Crippen MR) is 80.0 cm³/mol. The van der Waals surface area contributed by atoms with Gasteiger partial charge < -0.3 is 14.6 Å². The van der Waals surface area contributed by atoms with Crippen molar-refractivity contribution in [3.05, 3.63) is 29.8 Å². The van der Waals surface area contributed by atoms with Crippen molar-refractivity contribution in [2.45, 2.75) is 64.3 Å². The standard InChI is InChI=1S/C17H26O3/c1-6-11-19-14-9-7-13(8-10-14)17(18)12-15(2,3)20-16(17,4)5/h7-10,18H,6,11-12H2,1-5H3. The van der Waals surface area contributed by atoms with Crippen molar-refractivity contribution in [1.82, 2.24) is 0 Å². The van der Waals surface area contributed by atoms with E-state index in [9.17, 15) is 5.11 Å². The average molecular weight is 278 g/mol. The maximum absolute atomic E-state index is 11.1. The molecule has 1 aromatic carbocycles. The van der Waals surface area contributed by atoms with Gasteiger partial charge in [0.2, 0.25) is 0 Å². The number of hydrogen-bond donors (Lipinski definition) is 1. The molecule has 0 aliphatic carbocycles. The average Bonchev–Trinajstić information content (AvgIpc) is 2.52. The fourth-order valence-electron chi connectivity index (χ4n) is 3.14. The number of ether oxygens (including phenoxy) is 2. The van der Waals surface area contributed by atoms with Crippen molar-refractivity contribution in [3.63, 3.8) is 0 Å². The van der Waals surface area contributed by atoms with E-state index in [1.54, 1.807) is 0 Å². The summed E-state index contributed by atoms with van der Waals surface area (Å²) < 4.78 is 11.6. The molecular weight excluding hydrogens is 252 g/mol. The summed E-state index contributed by atoms with van der Waals surface area (Å²) in [7, 11) is 0. The molecule has 1 atom stereocenters. The third kappa shape index (κ3) is 2.70. The Labute approximate surface area is 121 Å². The van der Waals surface area contributed by atoms with Crippen LogP contribution in [0.25, 0.3) is 0 Å². The Morgan fingerprint density at radius 1 is 1.15 bits per heavy atom. The SMILES string of the molecule is CCCOc1ccc(C2(O)CC(C)(C)OC2(C)C)cc1. The van der Waals surface area contributed by atoms with Crippen LogP contribution >= 0.6 is 0 Å². The second-order valence-corrected chi connectivity index (χ2v) is 6.78. The van der Waals surface area contributed by atoms with E-state index in [1.807, 2.05) is 52.0 Å². The van der Waals surface area contributed by atoms with Crippen LogP contribution in [-0.4, -0.2) is 22.9 Å². The van der Waals surface area contributed by atoms with Gasteiger partial charge >= 0.3 is 0 Å². The van der Waals surface area contributed by atoms with Gasteiger partial charge in [-0.3, -0.25) is 0 Å². The quantitative estimate of drug-likeness (QED) is 0.914. The topological polar surface area (TPSA) is 38.7 Å². The van der Waals surface area contributed by atoms with Crippen LogP contribution in [0.3, 0.4) is 0 Å². The van der Waals surface area contributed by atoms with Crippen molar-refractivity contribution < 1.29 is 14.6 Å². The molecule has 1 fully saturated rings. The molecule has 1 aliphatic heterocycles.